The lowest BCUT2D eigenvalue weighted by molar-refractivity contribution is 0.131. The van der Waals surface area contributed by atoms with Crippen LogP contribution in [0.15, 0.2) is 24.3 Å². The quantitative estimate of drug-likeness (QED) is 0.825. The summed E-state index contributed by atoms with van der Waals surface area (Å²) < 4.78 is 0. The van der Waals surface area contributed by atoms with E-state index in [0.29, 0.717) is 0 Å². The molecule has 1 saturated heterocycles. The van der Waals surface area contributed by atoms with E-state index in [2.05, 4.69) is 35.8 Å². The van der Waals surface area contributed by atoms with Crippen molar-refractivity contribution in [3.05, 3.63) is 35.7 Å². The standard InChI is InChI=1S/C15H24N3/c1-13(2)11-17-6-8-18(9-7-17)12-14-4-3-5-15(16)10-14/h3-5,10H,6-9,11-12,16H2,1-2H3. The molecule has 99 valence electrons. The van der Waals surface area contributed by atoms with Crippen LogP contribution in [-0.2, 0) is 6.54 Å². The predicted octanol–water partition coefficient (Wildman–Crippen LogP) is 2.00. The smallest absolute Gasteiger partial charge is 0.0317 e. The van der Waals surface area contributed by atoms with E-state index in [-0.39, 0.29) is 0 Å². The highest BCUT2D eigenvalue weighted by Crippen LogP contribution is 2.12. The number of nitrogens with two attached hydrogens (primary N) is 1. The Morgan fingerprint density at radius 2 is 1.78 bits per heavy atom. The van der Waals surface area contributed by atoms with Gasteiger partial charge in [-0.3, -0.25) is 4.90 Å². The Bertz CT molecular complexity index is 368. The largest absolute Gasteiger partial charge is 0.399 e. The Labute approximate surface area is 111 Å². The van der Waals surface area contributed by atoms with Gasteiger partial charge in [0.2, 0.25) is 0 Å². The highest BCUT2D eigenvalue weighted by atomic mass is 15.3. The molecule has 2 rings (SSSR count). The van der Waals surface area contributed by atoms with E-state index in [4.69, 9.17) is 5.73 Å². The molecule has 1 heterocycles. The van der Waals surface area contributed by atoms with Gasteiger partial charge in [0.25, 0.3) is 0 Å². The molecule has 1 aromatic rings. The minimum Gasteiger partial charge on any atom is -0.399 e. The van der Waals surface area contributed by atoms with E-state index in [1.807, 2.05) is 12.1 Å². The van der Waals surface area contributed by atoms with Gasteiger partial charge in [0.05, 0.1) is 0 Å². The zero-order valence-corrected chi connectivity index (χ0v) is 11.5. The number of nitrogens with zero attached hydrogens (tertiary/aromatic N) is 2. The van der Waals surface area contributed by atoms with Crippen LogP contribution in [0.3, 0.4) is 0 Å². The molecule has 0 aromatic heterocycles. The summed E-state index contributed by atoms with van der Waals surface area (Å²) in [5.41, 5.74) is 8.00. The van der Waals surface area contributed by atoms with Gasteiger partial charge in [0, 0.05) is 45.0 Å². The topological polar surface area (TPSA) is 32.5 Å². The van der Waals surface area contributed by atoms with Gasteiger partial charge >= 0.3 is 0 Å². The van der Waals surface area contributed by atoms with Crippen LogP contribution in [0.5, 0.6) is 0 Å². The summed E-state index contributed by atoms with van der Waals surface area (Å²) in [6.07, 6.45) is 0. The zero-order valence-electron chi connectivity index (χ0n) is 11.5. The Morgan fingerprint density at radius 3 is 2.39 bits per heavy atom. The third-order valence-corrected chi connectivity index (χ3v) is 3.36. The summed E-state index contributed by atoms with van der Waals surface area (Å²) in [6.45, 7) is 11.2. The lowest BCUT2D eigenvalue weighted by Gasteiger charge is -2.35. The van der Waals surface area contributed by atoms with Crippen LogP contribution in [-0.4, -0.2) is 42.5 Å². The van der Waals surface area contributed by atoms with Gasteiger partial charge in [0.1, 0.15) is 0 Å². The average molecular weight is 246 g/mol. The number of rotatable bonds is 4. The Morgan fingerprint density at radius 1 is 1.11 bits per heavy atom. The zero-order chi connectivity index (χ0) is 13.0. The molecule has 1 aliphatic rings. The van der Waals surface area contributed by atoms with E-state index >= 15 is 0 Å². The first-order chi connectivity index (χ1) is 8.63. The van der Waals surface area contributed by atoms with Gasteiger partial charge in [-0.05, 0) is 23.6 Å². The molecule has 0 aliphatic carbocycles. The van der Waals surface area contributed by atoms with Crippen molar-refractivity contribution in [3.63, 3.8) is 0 Å². The molecule has 18 heavy (non-hydrogen) atoms. The van der Waals surface area contributed by atoms with Crippen LogP contribution in [0, 0.1) is 5.92 Å². The van der Waals surface area contributed by atoms with E-state index in [1.165, 1.54) is 24.6 Å². The molecule has 0 atom stereocenters. The maximum Gasteiger partial charge on any atom is 0.0317 e. The summed E-state index contributed by atoms with van der Waals surface area (Å²) in [4.78, 5) is 5.04. The van der Waals surface area contributed by atoms with Crippen molar-refractivity contribution < 1.29 is 0 Å². The summed E-state index contributed by atoms with van der Waals surface area (Å²) in [6, 6.07) is 8.22. The minimum absolute atomic E-state index is 0.863. The first-order valence-corrected chi connectivity index (χ1v) is 6.71. The first-order valence-electron chi connectivity index (χ1n) is 6.71. The van der Waals surface area contributed by atoms with Gasteiger partial charge in [-0.2, -0.15) is 0 Å². The molecule has 1 radical (unpaired) electrons. The first kappa shape index (κ1) is 13.4. The van der Waals surface area contributed by atoms with Crippen LogP contribution < -0.4 is 5.73 Å². The Balaban J connectivity index is 1.80. The maximum atomic E-state index is 5.81. The molecule has 1 aliphatic heterocycles. The van der Waals surface area contributed by atoms with Crippen molar-refractivity contribution in [2.24, 2.45) is 0 Å². The number of hydrogen-bond acceptors (Lipinski definition) is 3. The van der Waals surface area contributed by atoms with Crippen LogP contribution >= 0.6 is 0 Å². The van der Waals surface area contributed by atoms with Crippen molar-refractivity contribution in [1.82, 2.24) is 9.80 Å². The second kappa shape index (κ2) is 6.21. The Kier molecular flexibility index (Phi) is 4.61. The van der Waals surface area contributed by atoms with Crippen molar-refractivity contribution in [1.29, 1.82) is 0 Å². The van der Waals surface area contributed by atoms with Crippen LogP contribution in [0.4, 0.5) is 5.69 Å². The van der Waals surface area contributed by atoms with Crippen molar-refractivity contribution in [3.8, 4) is 0 Å². The summed E-state index contributed by atoms with van der Waals surface area (Å²) in [7, 11) is 0. The third-order valence-electron chi connectivity index (χ3n) is 3.36. The predicted molar refractivity (Wildman–Crippen MR) is 77.2 cm³/mol. The fourth-order valence-electron chi connectivity index (χ4n) is 2.50. The second-order valence-corrected chi connectivity index (χ2v) is 5.50. The molecular weight excluding hydrogens is 222 g/mol. The second-order valence-electron chi connectivity index (χ2n) is 5.50. The van der Waals surface area contributed by atoms with E-state index in [1.54, 1.807) is 0 Å². The monoisotopic (exact) mass is 246 g/mol. The molecule has 3 heteroatoms. The molecule has 0 spiro atoms. The van der Waals surface area contributed by atoms with Gasteiger partial charge < -0.3 is 10.6 Å². The van der Waals surface area contributed by atoms with Gasteiger partial charge in [-0.15, -0.1) is 0 Å². The van der Waals surface area contributed by atoms with E-state index in [9.17, 15) is 0 Å². The minimum atomic E-state index is 0.863. The number of benzene rings is 1. The van der Waals surface area contributed by atoms with Crippen molar-refractivity contribution in [2.75, 3.05) is 38.5 Å². The Hall–Kier alpha value is -1.06. The normalized spacial score (nSPS) is 18.4. The molecule has 0 bridgehead atoms. The lowest BCUT2D eigenvalue weighted by Crippen LogP contribution is -2.46. The van der Waals surface area contributed by atoms with E-state index in [0.717, 1.165) is 31.9 Å². The highest BCUT2D eigenvalue weighted by molar-refractivity contribution is 5.40. The van der Waals surface area contributed by atoms with Gasteiger partial charge in [-0.25, -0.2) is 0 Å². The van der Waals surface area contributed by atoms with Crippen molar-refractivity contribution >= 4 is 5.69 Å². The molecule has 1 fully saturated rings. The molecule has 0 amide bonds. The van der Waals surface area contributed by atoms with Crippen LogP contribution in [0.25, 0.3) is 0 Å². The molecule has 2 N–H and O–H groups in total. The fraction of sp³-hybridized carbons (Fsp3) is 0.533. The van der Waals surface area contributed by atoms with Crippen molar-refractivity contribution in [2.45, 2.75) is 20.4 Å². The lowest BCUT2D eigenvalue weighted by atomic mass is 10.1. The fourth-order valence-corrected chi connectivity index (χ4v) is 2.50. The third kappa shape index (κ3) is 4.00. The number of anilines is 1. The number of piperazine rings is 1. The molecule has 0 saturated carbocycles. The van der Waals surface area contributed by atoms with Crippen LogP contribution in [0.1, 0.15) is 19.4 Å². The highest BCUT2D eigenvalue weighted by Gasteiger charge is 2.17. The van der Waals surface area contributed by atoms with Crippen LogP contribution in [0.2, 0.25) is 0 Å². The van der Waals surface area contributed by atoms with Gasteiger partial charge in [0.15, 0.2) is 0 Å². The van der Waals surface area contributed by atoms with E-state index < -0.39 is 0 Å². The number of hydrogen-bond donors (Lipinski definition) is 1. The SMILES string of the molecule is C[C](C)CN1CCN(Cc2cccc(N)c2)CC1. The van der Waals surface area contributed by atoms with Gasteiger partial charge in [-0.1, -0.05) is 26.0 Å². The molecule has 3 nitrogen and oxygen atoms in total. The molecule has 0 unspecified atom stereocenters. The molecular formula is C15H24N3. The average Bonchev–Trinajstić information content (AvgIpc) is 2.31. The summed E-state index contributed by atoms with van der Waals surface area (Å²) in [5.74, 6) is 1.50. The molecule has 1 aromatic carbocycles. The summed E-state index contributed by atoms with van der Waals surface area (Å²) in [5, 5.41) is 0. The number of nitrogen functional groups attached to an aromatic ring is 1. The maximum absolute atomic E-state index is 5.81. The summed E-state index contributed by atoms with van der Waals surface area (Å²) >= 11 is 0.